The van der Waals surface area contributed by atoms with Crippen molar-refractivity contribution in [2.24, 2.45) is 0 Å². The van der Waals surface area contributed by atoms with Crippen LogP contribution in [0.1, 0.15) is 5.56 Å². The van der Waals surface area contributed by atoms with Gasteiger partial charge in [0.05, 0.1) is 0 Å². The van der Waals surface area contributed by atoms with E-state index in [1.807, 2.05) is 0 Å². The number of hydrogen-bond acceptors (Lipinski definition) is 8. The van der Waals surface area contributed by atoms with E-state index in [4.69, 9.17) is 14.6 Å². The number of rotatable bonds is 4. The fraction of sp³-hybridized carbons (Fsp3) is 0.400. The maximum atomic E-state index is 11.6. The van der Waals surface area contributed by atoms with Gasteiger partial charge in [-0.25, -0.2) is 4.79 Å². The van der Waals surface area contributed by atoms with Gasteiger partial charge in [0.2, 0.25) is 0 Å². The number of phenolic OH excluding ortho intramolecular Hbond substituents is 1. The number of phenols is 1. The highest BCUT2D eigenvalue weighted by Gasteiger charge is 2.43. The summed E-state index contributed by atoms with van der Waals surface area (Å²) in [5, 5.41) is 47.0. The number of aliphatic hydroxyl groups is 4. The van der Waals surface area contributed by atoms with E-state index in [1.54, 1.807) is 12.1 Å². The van der Waals surface area contributed by atoms with E-state index in [9.17, 15) is 25.2 Å². The molecule has 0 radical (unpaired) electrons. The van der Waals surface area contributed by atoms with Gasteiger partial charge in [0, 0.05) is 6.08 Å². The third-order valence-corrected chi connectivity index (χ3v) is 3.38. The fourth-order valence-electron chi connectivity index (χ4n) is 2.03. The lowest BCUT2D eigenvalue weighted by Gasteiger charge is -2.37. The second-order valence-electron chi connectivity index (χ2n) is 5.09. The first-order valence-electron chi connectivity index (χ1n) is 6.90. The van der Waals surface area contributed by atoms with Crippen LogP contribution in [-0.4, -0.2) is 68.8 Å². The molecule has 8 nitrogen and oxygen atoms in total. The van der Waals surface area contributed by atoms with Gasteiger partial charge in [-0.1, -0.05) is 12.1 Å². The molecule has 1 aliphatic heterocycles. The zero-order valence-electron chi connectivity index (χ0n) is 12.0. The summed E-state index contributed by atoms with van der Waals surface area (Å²) in [6, 6.07) is 6.12. The van der Waals surface area contributed by atoms with E-state index in [2.05, 4.69) is 0 Å². The number of benzene rings is 1. The highest BCUT2D eigenvalue weighted by Crippen LogP contribution is 2.20. The maximum absolute atomic E-state index is 11.6. The van der Waals surface area contributed by atoms with E-state index in [-0.39, 0.29) is 5.75 Å². The molecule has 0 bridgehead atoms. The van der Waals surface area contributed by atoms with Crippen LogP contribution in [0.4, 0.5) is 0 Å². The minimum absolute atomic E-state index is 0.104. The average molecular weight is 326 g/mol. The van der Waals surface area contributed by atoms with Crippen molar-refractivity contribution < 1.29 is 39.8 Å². The monoisotopic (exact) mass is 326 g/mol. The summed E-state index contributed by atoms with van der Waals surface area (Å²) in [6.07, 6.45) is -4.96. The standard InChI is InChI=1S/C15H18O8/c16-9-4-1-8(2-5-9)3-6-11(17)22-7-10-12(18)13(19)14(20)15(21)23-10/h1-6,10,12-16,18-21H,7H2/b6-3+/t10-,12-,13+,14-,15?/m1/s1. The Morgan fingerprint density at radius 1 is 1.09 bits per heavy atom. The Morgan fingerprint density at radius 3 is 2.39 bits per heavy atom. The molecule has 0 amide bonds. The van der Waals surface area contributed by atoms with Crippen LogP contribution in [0.25, 0.3) is 6.08 Å². The minimum Gasteiger partial charge on any atom is -0.508 e. The summed E-state index contributed by atoms with van der Waals surface area (Å²) >= 11 is 0. The lowest BCUT2D eigenvalue weighted by Crippen LogP contribution is -2.58. The average Bonchev–Trinajstić information content (AvgIpc) is 2.54. The van der Waals surface area contributed by atoms with E-state index in [1.165, 1.54) is 18.2 Å². The Bertz CT molecular complexity index is 555. The van der Waals surface area contributed by atoms with Gasteiger partial charge >= 0.3 is 5.97 Å². The summed E-state index contributed by atoms with van der Waals surface area (Å²) < 4.78 is 9.74. The van der Waals surface area contributed by atoms with Crippen LogP contribution in [0.15, 0.2) is 30.3 Å². The highest BCUT2D eigenvalue weighted by molar-refractivity contribution is 5.87. The molecule has 0 aromatic heterocycles. The molecule has 23 heavy (non-hydrogen) atoms. The van der Waals surface area contributed by atoms with E-state index < -0.39 is 43.3 Å². The van der Waals surface area contributed by atoms with Gasteiger partial charge in [-0.2, -0.15) is 0 Å². The Kier molecular flexibility index (Phi) is 5.69. The molecule has 2 rings (SSSR count). The molecule has 126 valence electrons. The summed E-state index contributed by atoms with van der Waals surface area (Å²) in [7, 11) is 0. The molecule has 1 saturated heterocycles. The van der Waals surface area contributed by atoms with Crippen molar-refractivity contribution in [1.82, 2.24) is 0 Å². The Balaban J connectivity index is 1.85. The number of aromatic hydroxyl groups is 1. The quantitative estimate of drug-likeness (QED) is 0.342. The van der Waals surface area contributed by atoms with Crippen molar-refractivity contribution >= 4 is 12.0 Å². The predicted molar refractivity (Wildman–Crippen MR) is 77.0 cm³/mol. The second-order valence-corrected chi connectivity index (χ2v) is 5.09. The third kappa shape index (κ3) is 4.50. The molecule has 0 spiro atoms. The SMILES string of the molecule is O=C(/C=C/c1ccc(O)cc1)OC[C@H]1OC(O)[C@H](O)[C@@H](O)[C@@H]1O. The van der Waals surface area contributed by atoms with Gasteiger partial charge in [0.25, 0.3) is 0 Å². The number of hydrogen-bond donors (Lipinski definition) is 5. The first kappa shape index (κ1) is 17.4. The van der Waals surface area contributed by atoms with Gasteiger partial charge in [-0.05, 0) is 23.8 Å². The predicted octanol–water partition coefficient (Wildman–Crippen LogP) is -1.25. The van der Waals surface area contributed by atoms with Crippen LogP contribution in [0.5, 0.6) is 5.75 Å². The molecule has 1 fully saturated rings. The zero-order chi connectivity index (χ0) is 17.0. The first-order chi connectivity index (χ1) is 10.9. The summed E-state index contributed by atoms with van der Waals surface area (Å²) in [5.41, 5.74) is 0.669. The third-order valence-electron chi connectivity index (χ3n) is 3.38. The van der Waals surface area contributed by atoms with Gasteiger partial charge in [-0.3, -0.25) is 0 Å². The molecule has 8 heteroatoms. The fourth-order valence-corrected chi connectivity index (χ4v) is 2.03. The summed E-state index contributed by atoms with van der Waals surface area (Å²) in [5.74, 6) is -0.614. The Hall–Kier alpha value is -1.97. The smallest absolute Gasteiger partial charge is 0.330 e. The molecule has 5 N–H and O–H groups in total. The van der Waals surface area contributed by atoms with Crippen molar-refractivity contribution in [3.05, 3.63) is 35.9 Å². The lowest BCUT2D eigenvalue weighted by atomic mass is 9.99. The molecule has 1 unspecified atom stereocenters. The van der Waals surface area contributed by atoms with E-state index in [0.717, 1.165) is 6.08 Å². The molecule has 1 heterocycles. The normalized spacial score (nSPS) is 31.2. The van der Waals surface area contributed by atoms with Gasteiger partial charge in [0.1, 0.15) is 36.8 Å². The molecule has 0 aliphatic carbocycles. The zero-order valence-corrected chi connectivity index (χ0v) is 12.0. The topological polar surface area (TPSA) is 137 Å². The van der Waals surface area contributed by atoms with Crippen molar-refractivity contribution in [2.75, 3.05) is 6.61 Å². The van der Waals surface area contributed by atoms with Gasteiger partial charge < -0.3 is 35.0 Å². The lowest BCUT2D eigenvalue weighted by molar-refractivity contribution is -0.287. The van der Waals surface area contributed by atoms with Crippen LogP contribution in [0, 0.1) is 0 Å². The van der Waals surface area contributed by atoms with E-state index >= 15 is 0 Å². The van der Waals surface area contributed by atoms with Gasteiger partial charge in [-0.15, -0.1) is 0 Å². The molecule has 0 saturated carbocycles. The van der Waals surface area contributed by atoms with Crippen molar-refractivity contribution in [3.8, 4) is 5.75 Å². The number of aliphatic hydroxyl groups excluding tert-OH is 4. The van der Waals surface area contributed by atoms with Gasteiger partial charge in [0.15, 0.2) is 6.29 Å². The van der Waals surface area contributed by atoms with E-state index in [0.29, 0.717) is 5.56 Å². The Labute approximate surface area is 131 Å². The maximum Gasteiger partial charge on any atom is 0.330 e. The molecular weight excluding hydrogens is 308 g/mol. The largest absolute Gasteiger partial charge is 0.508 e. The number of carbonyl (C=O) groups is 1. The highest BCUT2D eigenvalue weighted by atomic mass is 16.6. The van der Waals surface area contributed by atoms with Crippen LogP contribution >= 0.6 is 0 Å². The molecule has 1 aromatic rings. The van der Waals surface area contributed by atoms with Crippen LogP contribution in [-0.2, 0) is 14.3 Å². The summed E-state index contributed by atoms with van der Waals surface area (Å²) in [6.45, 7) is -0.402. The number of esters is 1. The molecule has 1 aromatic carbocycles. The van der Waals surface area contributed by atoms with Crippen LogP contribution in [0.2, 0.25) is 0 Å². The number of ether oxygens (including phenoxy) is 2. The Morgan fingerprint density at radius 2 is 1.74 bits per heavy atom. The van der Waals surface area contributed by atoms with Crippen molar-refractivity contribution in [1.29, 1.82) is 0 Å². The van der Waals surface area contributed by atoms with Crippen LogP contribution < -0.4 is 0 Å². The molecular formula is C15H18O8. The number of carbonyl (C=O) groups excluding carboxylic acids is 1. The van der Waals surface area contributed by atoms with Crippen molar-refractivity contribution in [3.63, 3.8) is 0 Å². The molecule has 5 atom stereocenters. The van der Waals surface area contributed by atoms with Crippen molar-refractivity contribution in [2.45, 2.75) is 30.7 Å². The second kappa shape index (κ2) is 7.53. The summed E-state index contributed by atoms with van der Waals surface area (Å²) in [4.78, 5) is 11.6. The minimum atomic E-state index is -1.68. The van der Waals surface area contributed by atoms with Crippen LogP contribution in [0.3, 0.4) is 0 Å². The molecule has 1 aliphatic rings. The first-order valence-corrected chi connectivity index (χ1v) is 6.90.